The van der Waals surface area contributed by atoms with Crippen molar-refractivity contribution >= 4 is 28.2 Å². The third-order valence-corrected chi connectivity index (χ3v) is 3.91. The summed E-state index contributed by atoms with van der Waals surface area (Å²) < 4.78 is 31.9. The fourth-order valence-electron chi connectivity index (χ4n) is 2.81. The molecule has 0 aliphatic heterocycles. The second-order valence-electron chi connectivity index (χ2n) is 5.49. The smallest absolute Gasteiger partial charge is 0.335 e. The number of aromatic nitrogens is 3. The van der Waals surface area contributed by atoms with Gasteiger partial charge in [-0.2, -0.15) is 8.42 Å². The van der Waals surface area contributed by atoms with E-state index in [0.29, 0.717) is 27.7 Å². The van der Waals surface area contributed by atoms with Crippen LogP contribution in [0.25, 0.3) is 33.2 Å². The number of rotatable bonds is 2. The quantitative estimate of drug-likeness (QED) is 0.572. The lowest BCUT2D eigenvalue weighted by molar-refractivity contribution is 0.630. The molecule has 3 heterocycles. The standard InChI is InChI=1S/C19H13FN4.O2S/c20-19-16(13-9-14(21)11-23-10-13)1-2-17-18(19)15(5-8-24-17)12-3-6-22-7-4-12;1-3-2/h1-11H,21H2;. The zero-order valence-electron chi connectivity index (χ0n) is 13.9. The van der Waals surface area contributed by atoms with Crippen molar-refractivity contribution < 1.29 is 12.8 Å². The predicted molar refractivity (Wildman–Crippen MR) is 101 cm³/mol. The molecule has 3 aromatic heterocycles. The van der Waals surface area contributed by atoms with Gasteiger partial charge in [-0.1, -0.05) is 0 Å². The van der Waals surface area contributed by atoms with Gasteiger partial charge in [0.15, 0.2) is 0 Å². The second-order valence-corrected chi connectivity index (χ2v) is 5.63. The Balaban J connectivity index is 0.000000659. The molecule has 6 nitrogen and oxygen atoms in total. The second kappa shape index (κ2) is 8.24. The molecule has 0 bridgehead atoms. The molecule has 0 amide bonds. The molecular formula is C19H13FN4O2S. The average Bonchev–Trinajstić information content (AvgIpc) is 2.69. The Hall–Kier alpha value is -3.52. The SMILES string of the molecule is Nc1cncc(-c2ccc3nccc(-c4ccncc4)c3c2F)c1.O=S=O. The molecular weight excluding hydrogens is 367 g/mol. The van der Waals surface area contributed by atoms with Gasteiger partial charge in [-0.15, -0.1) is 0 Å². The fraction of sp³-hybridized carbons (Fsp3) is 0. The van der Waals surface area contributed by atoms with Gasteiger partial charge in [0.05, 0.1) is 11.2 Å². The van der Waals surface area contributed by atoms with E-state index < -0.39 is 11.6 Å². The lowest BCUT2D eigenvalue weighted by Crippen LogP contribution is -1.94. The van der Waals surface area contributed by atoms with Crippen molar-refractivity contribution in [3.63, 3.8) is 0 Å². The molecule has 0 atom stereocenters. The van der Waals surface area contributed by atoms with Crippen molar-refractivity contribution in [1.82, 2.24) is 15.0 Å². The molecule has 0 fully saturated rings. The van der Waals surface area contributed by atoms with Crippen LogP contribution in [0.1, 0.15) is 0 Å². The van der Waals surface area contributed by atoms with Crippen LogP contribution >= 0.6 is 0 Å². The number of hydrogen-bond donors (Lipinski definition) is 1. The van der Waals surface area contributed by atoms with Crippen molar-refractivity contribution in [3.8, 4) is 22.3 Å². The number of benzene rings is 1. The summed E-state index contributed by atoms with van der Waals surface area (Å²) in [7, 11) is 0. The summed E-state index contributed by atoms with van der Waals surface area (Å²) >= 11 is -0.750. The van der Waals surface area contributed by atoms with Crippen LogP contribution in [0.4, 0.5) is 10.1 Å². The van der Waals surface area contributed by atoms with Crippen LogP contribution in [0, 0.1) is 5.82 Å². The van der Waals surface area contributed by atoms with Gasteiger partial charge in [0.1, 0.15) is 5.82 Å². The highest BCUT2D eigenvalue weighted by atomic mass is 32.1. The van der Waals surface area contributed by atoms with Gasteiger partial charge >= 0.3 is 11.6 Å². The maximum atomic E-state index is 15.3. The predicted octanol–water partition coefficient (Wildman–Crippen LogP) is 3.41. The molecule has 4 rings (SSSR count). The number of nitrogens with zero attached hydrogens (tertiary/aromatic N) is 3. The minimum atomic E-state index is -0.750. The maximum absolute atomic E-state index is 15.3. The molecule has 0 spiro atoms. The van der Waals surface area contributed by atoms with Crippen molar-refractivity contribution in [2.75, 3.05) is 5.73 Å². The van der Waals surface area contributed by atoms with Crippen LogP contribution in [0.15, 0.2) is 67.4 Å². The molecule has 0 aliphatic carbocycles. The summed E-state index contributed by atoms with van der Waals surface area (Å²) in [5, 5.41) is 0.476. The summed E-state index contributed by atoms with van der Waals surface area (Å²) in [6, 6.07) is 10.7. The van der Waals surface area contributed by atoms with Crippen molar-refractivity contribution in [2.24, 2.45) is 0 Å². The van der Waals surface area contributed by atoms with E-state index in [1.807, 2.05) is 24.3 Å². The Morgan fingerprint density at radius 3 is 2.30 bits per heavy atom. The third-order valence-electron chi connectivity index (χ3n) is 3.91. The first-order valence-corrected chi connectivity index (χ1v) is 8.42. The molecule has 27 heavy (non-hydrogen) atoms. The summed E-state index contributed by atoms with van der Waals surface area (Å²) in [5.74, 6) is -0.334. The lowest BCUT2D eigenvalue weighted by Gasteiger charge is -2.11. The van der Waals surface area contributed by atoms with E-state index in [9.17, 15) is 0 Å². The molecule has 134 valence electrons. The first kappa shape index (κ1) is 18.3. The first-order valence-electron chi connectivity index (χ1n) is 7.76. The van der Waals surface area contributed by atoms with E-state index in [0.717, 1.165) is 11.1 Å². The Labute approximate surface area is 157 Å². The molecule has 0 saturated carbocycles. The van der Waals surface area contributed by atoms with Gasteiger partial charge < -0.3 is 5.73 Å². The molecule has 2 N–H and O–H groups in total. The number of pyridine rings is 3. The zero-order valence-corrected chi connectivity index (χ0v) is 14.7. The van der Waals surface area contributed by atoms with Gasteiger partial charge in [-0.05, 0) is 47.5 Å². The van der Waals surface area contributed by atoms with Gasteiger partial charge in [0.25, 0.3) is 0 Å². The summed E-state index contributed by atoms with van der Waals surface area (Å²) in [4.78, 5) is 12.3. The molecule has 0 radical (unpaired) electrons. The van der Waals surface area contributed by atoms with Gasteiger partial charge in [-0.3, -0.25) is 15.0 Å². The van der Waals surface area contributed by atoms with E-state index >= 15 is 4.39 Å². The Morgan fingerprint density at radius 1 is 0.852 bits per heavy atom. The molecule has 1 aromatic carbocycles. The van der Waals surface area contributed by atoms with Gasteiger partial charge in [0, 0.05) is 47.5 Å². The highest BCUT2D eigenvalue weighted by Crippen LogP contribution is 2.34. The normalized spacial score (nSPS) is 10.1. The molecule has 0 saturated heterocycles. The third kappa shape index (κ3) is 3.85. The van der Waals surface area contributed by atoms with Crippen molar-refractivity contribution in [3.05, 3.63) is 73.2 Å². The van der Waals surface area contributed by atoms with Crippen LogP contribution in [0.2, 0.25) is 0 Å². The molecule has 4 aromatic rings. The lowest BCUT2D eigenvalue weighted by atomic mass is 9.97. The highest BCUT2D eigenvalue weighted by Gasteiger charge is 2.15. The Morgan fingerprint density at radius 2 is 1.59 bits per heavy atom. The monoisotopic (exact) mass is 380 g/mol. The van der Waals surface area contributed by atoms with E-state index in [-0.39, 0.29) is 5.82 Å². The van der Waals surface area contributed by atoms with Crippen LogP contribution in [-0.2, 0) is 11.6 Å². The first-order chi connectivity index (χ1) is 13.2. The number of hydrogen-bond acceptors (Lipinski definition) is 6. The van der Waals surface area contributed by atoms with E-state index in [2.05, 4.69) is 15.0 Å². The molecule has 0 unspecified atom stereocenters. The summed E-state index contributed by atoms with van der Waals surface area (Å²) in [5.41, 5.74) is 9.62. The van der Waals surface area contributed by atoms with Crippen molar-refractivity contribution in [1.29, 1.82) is 0 Å². The van der Waals surface area contributed by atoms with Crippen LogP contribution in [0.3, 0.4) is 0 Å². The van der Waals surface area contributed by atoms with E-state index in [1.165, 1.54) is 6.20 Å². The van der Waals surface area contributed by atoms with Crippen LogP contribution < -0.4 is 5.73 Å². The average molecular weight is 380 g/mol. The van der Waals surface area contributed by atoms with Crippen LogP contribution in [0.5, 0.6) is 0 Å². The van der Waals surface area contributed by atoms with E-state index in [1.54, 1.807) is 36.9 Å². The topological polar surface area (TPSA) is 98.8 Å². The minimum absolute atomic E-state index is 0.334. The Bertz CT molecular complexity index is 1130. The zero-order chi connectivity index (χ0) is 19.2. The largest absolute Gasteiger partial charge is 0.397 e. The minimum Gasteiger partial charge on any atom is -0.397 e. The van der Waals surface area contributed by atoms with Gasteiger partial charge in [0.2, 0.25) is 0 Å². The fourth-order valence-corrected chi connectivity index (χ4v) is 2.81. The number of halogens is 1. The number of anilines is 1. The van der Waals surface area contributed by atoms with Gasteiger partial charge in [-0.25, -0.2) is 4.39 Å². The van der Waals surface area contributed by atoms with Crippen molar-refractivity contribution in [2.45, 2.75) is 0 Å². The number of nitrogens with two attached hydrogens (primary N) is 1. The Kier molecular flexibility index (Phi) is 5.58. The maximum Gasteiger partial charge on any atom is 0.335 e. The molecule has 0 aliphatic rings. The highest BCUT2D eigenvalue weighted by molar-refractivity contribution is 7.51. The summed E-state index contributed by atoms with van der Waals surface area (Å²) in [6.45, 7) is 0. The summed E-state index contributed by atoms with van der Waals surface area (Å²) in [6.07, 6.45) is 8.19. The van der Waals surface area contributed by atoms with Crippen LogP contribution in [-0.4, -0.2) is 23.4 Å². The number of nitrogen functional groups attached to an aromatic ring is 1. The number of fused-ring (bicyclic) bond motifs is 1. The molecule has 8 heteroatoms. The van der Waals surface area contributed by atoms with E-state index in [4.69, 9.17) is 14.2 Å².